The van der Waals surface area contributed by atoms with Crippen molar-refractivity contribution in [3.8, 4) is 16.9 Å². The third kappa shape index (κ3) is 5.77. The molecule has 2 N–H and O–H groups in total. The molecule has 5 rings (SSSR count). The highest BCUT2D eigenvalue weighted by Crippen LogP contribution is 2.45. The molecule has 1 fully saturated rings. The normalized spacial score (nSPS) is 21.6. The van der Waals surface area contributed by atoms with Gasteiger partial charge in [0.25, 0.3) is 5.91 Å². The van der Waals surface area contributed by atoms with Crippen molar-refractivity contribution < 1.29 is 41.2 Å². The fourth-order valence-corrected chi connectivity index (χ4v) is 6.26. The molecule has 2 aliphatic rings. The number of allylic oxidation sites excluding steroid dienone is 1. The predicted molar refractivity (Wildman–Crippen MR) is 147 cm³/mol. The summed E-state index contributed by atoms with van der Waals surface area (Å²) in [4.78, 5) is 37.6. The largest absolute Gasteiger partial charge is 0.604 e. The molecule has 0 spiro atoms. The highest BCUT2D eigenvalue weighted by molar-refractivity contribution is 7.92. The zero-order valence-electron chi connectivity index (χ0n) is 22.0. The maximum atomic E-state index is 15.0. The summed E-state index contributed by atoms with van der Waals surface area (Å²) in [5, 5.41) is 5.48. The van der Waals surface area contributed by atoms with Crippen LogP contribution >= 0.6 is 0 Å². The lowest BCUT2D eigenvalue weighted by atomic mass is 9.87. The standard InChI is InChI=1S/C30H24F4N2O5S/c1-41-25-14-24(31)22(17-5-2-4-16(10-17)15-37)13-23(25)28(38)36-27-19-9-8-18(11-19)26(27)29(39)35-20-6-3-7-21(12-20)42(40)30(32,33)34/h2-10,12-15,18-19,26-27H,11H2,1H3,(H,35,39)(H,36,38). The van der Waals surface area contributed by atoms with Gasteiger partial charge in [0.05, 0.1) is 29.8 Å². The third-order valence-electron chi connectivity index (χ3n) is 7.45. The summed E-state index contributed by atoms with van der Waals surface area (Å²) in [6, 6.07) is 12.7. The lowest BCUT2D eigenvalue weighted by molar-refractivity contribution is -0.121. The number of hydrogen-bond donors (Lipinski definition) is 2. The van der Waals surface area contributed by atoms with Crippen LogP contribution in [0.1, 0.15) is 27.1 Å². The highest BCUT2D eigenvalue weighted by Gasteiger charge is 2.49. The number of ether oxygens (including phenoxy) is 1. The molecule has 0 aliphatic heterocycles. The van der Waals surface area contributed by atoms with Crippen molar-refractivity contribution >= 4 is 35.0 Å². The third-order valence-corrected chi connectivity index (χ3v) is 8.56. The van der Waals surface area contributed by atoms with Gasteiger partial charge < -0.3 is 19.9 Å². The first-order chi connectivity index (χ1) is 20.0. The number of carbonyl (C=O) groups is 3. The van der Waals surface area contributed by atoms with E-state index in [-0.39, 0.29) is 34.4 Å². The van der Waals surface area contributed by atoms with Gasteiger partial charge in [-0.15, -0.1) is 13.2 Å². The van der Waals surface area contributed by atoms with Gasteiger partial charge in [0.2, 0.25) is 5.91 Å². The summed E-state index contributed by atoms with van der Waals surface area (Å²) in [5.74, 6) is -3.01. The number of anilines is 1. The summed E-state index contributed by atoms with van der Waals surface area (Å²) in [7, 11) is 1.29. The number of methoxy groups -OCH3 is 1. The predicted octanol–water partition coefficient (Wildman–Crippen LogP) is 5.50. The molecule has 7 nitrogen and oxygen atoms in total. The fourth-order valence-electron chi connectivity index (χ4n) is 5.56. The minimum Gasteiger partial charge on any atom is -0.604 e. The van der Waals surface area contributed by atoms with Crippen molar-refractivity contribution in [1.82, 2.24) is 5.32 Å². The number of halogens is 4. The van der Waals surface area contributed by atoms with Crippen LogP contribution in [0.3, 0.4) is 0 Å². The summed E-state index contributed by atoms with van der Waals surface area (Å²) in [6.07, 6.45) is 4.96. The zero-order chi connectivity index (χ0) is 30.2. The maximum absolute atomic E-state index is 15.0. The monoisotopic (exact) mass is 600 g/mol. The molecule has 2 amide bonds. The van der Waals surface area contributed by atoms with E-state index in [1.807, 2.05) is 12.2 Å². The SMILES string of the molecule is COc1cc(F)c(-c2cccc(C=O)c2)cc1C(=O)NC1C2C=CC(C2)C1C(=O)Nc1cccc([S+]([O-])C(F)(F)F)c1. The van der Waals surface area contributed by atoms with Crippen LogP contribution < -0.4 is 15.4 Å². The van der Waals surface area contributed by atoms with Gasteiger partial charge in [-0.1, -0.05) is 36.4 Å². The molecule has 0 heterocycles. The van der Waals surface area contributed by atoms with Crippen molar-refractivity contribution in [2.45, 2.75) is 22.9 Å². The average Bonchev–Trinajstić information content (AvgIpc) is 3.58. The highest BCUT2D eigenvalue weighted by atomic mass is 32.2. The van der Waals surface area contributed by atoms with Crippen molar-refractivity contribution in [2.75, 3.05) is 12.4 Å². The van der Waals surface area contributed by atoms with E-state index in [9.17, 15) is 32.1 Å². The topological polar surface area (TPSA) is 108 Å². The van der Waals surface area contributed by atoms with Crippen molar-refractivity contribution in [3.63, 3.8) is 0 Å². The summed E-state index contributed by atoms with van der Waals surface area (Å²) >= 11 is -3.26. The van der Waals surface area contributed by atoms with Crippen LogP contribution in [-0.4, -0.2) is 41.3 Å². The summed E-state index contributed by atoms with van der Waals surface area (Å²) < 4.78 is 70.9. The number of amides is 2. The van der Waals surface area contributed by atoms with Gasteiger partial charge >= 0.3 is 5.51 Å². The van der Waals surface area contributed by atoms with Gasteiger partial charge in [0, 0.05) is 35.0 Å². The fraction of sp³-hybridized carbons (Fsp3) is 0.233. The van der Waals surface area contributed by atoms with E-state index in [4.69, 9.17) is 4.74 Å². The second-order valence-corrected chi connectivity index (χ2v) is 11.5. The Morgan fingerprint density at radius 1 is 1.05 bits per heavy atom. The molecule has 42 heavy (non-hydrogen) atoms. The van der Waals surface area contributed by atoms with Crippen LogP contribution in [0.4, 0.5) is 23.2 Å². The number of alkyl halides is 3. The minimum atomic E-state index is -4.95. The summed E-state index contributed by atoms with van der Waals surface area (Å²) in [5.41, 5.74) is -4.13. The number of nitrogens with one attached hydrogen (secondary N) is 2. The molecule has 3 aromatic rings. The maximum Gasteiger partial charge on any atom is 0.578 e. The number of carbonyl (C=O) groups excluding carboxylic acids is 3. The molecule has 218 valence electrons. The van der Waals surface area contributed by atoms with E-state index in [1.165, 1.54) is 31.4 Å². The first kappa shape index (κ1) is 29.3. The van der Waals surface area contributed by atoms with E-state index < -0.39 is 51.2 Å². The molecule has 1 saturated carbocycles. The Bertz CT molecular complexity index is 1580. The number of rotatable bonds is 8. The quantitative estimate of drug-likeness (QED) is 0.154. The van der Waals surface area contributed by atoms with Gasteiger partial charge in [0.15, 0.2) is 4.90 Å². The van der Waals surface area contributed by atoms with E-state index in [2.05, 4.69) is 10.6 Å². The first-order valence-corrected chi connectivity index (χ1v) is 14.0. The number of fused-ring (bicyclic) bond motifs is 2. The Morgan fingerprint density at radius 3 is 2.50 bits per heavy atom. The van der Waals surface area contributed by atoms with E-state index >= 15 is 4.39 Å². The smallest absolute Gasteiger partial charge is 0.578 e. The van der Waals surface area contributed by atoms with E-state index in [0.717, 1.165) is 18.2 Å². The average molecular weight is 601 g/mol. The number of hydrogen-bond acceptors (Lipinski definition) is 5. The van der Waals surface area contributed by atoms with Crippen molar-refractivity contribution in [2.24, 2.45) is 17.8 Å². The Kier molecular flexibility index (Phi) is 8.11. The molecule has 0 saturated heterocycles. The molecule has 2 bridgehead atoms. The van der Waals surface area contributed by atoms with Crippen LogP contribution in [0.15, 0.2) is 77.7 Å². The van der Waals surface area contributed by atoms with Gasteiger partial charge in [-0.2, -0.15) is 0 Å². The number of aldehydes is 1. The molecule has 0 radical (unpaired) electrons. The molecule has 0 aromatic heterocycles. The molecule has 5 unspecified atom stereocenters. The lowest BCUT2D eigenvalue weighted by Crippen LogP contribution is -2.47. The van der Waals surface area contributed by atoms with Crippen LogP contribution in [0, 0.1) is 23.6 Å². The second-order valence-electron chi connectivity index (χ2n) is 9.98. The van der Waals surface area contributed by atoms with Crippen LogP contribution in [0.5, 0.6) is 5.75 Å². The van der Waals surface area contributed by atoms with Gasteiger partial charge in [-0.25, -0.2) is 4.39 Å². The molecule has 5 atom stereocenters. The molecule has 2 aliphatic carbocycles. The van der Waals surface area contributed by atoms with Gasteiger partial charge in [-0.3, -0.25) is 14.4 Å². The van der Waals surface area contributed by atoms with Crippen LogP contribution in [0.25, 0.3) is 11.1 Å². The Hall–Kier alpha value is -4.16. The van der Waals surface area contributed by atoms with Crippen molar-refractivity contribution in [1.29, 1.82) is 0 Å². The Balaban J connectivity index is 1.39. The molecule has 12 heteroatoms. The van der Waals surface area contributed by atoms with Gasteiger partial charge in [0.1, 0.15) is 17.9 Å². The molecular formula is C30H24F4N2O5S. The second kappa shape index (κ2) is 11.6. The number of benzene rings is 3. The van der Waals surface area contributed by atoms with Crippen molar-refractivity contribution in [3.05, 3.63) is 89.8 Å². The van der Waals surface area contributed by atoms with Crippen LogP contribution in [-0.2, 0) is 16.0 Å². The lowest BCUT2D eigenvalue weighted by Gasteiger charge is -2.28. The zero-order valence-corrected chi connectivity index (χ0v) is 22.8. The molecule has 3 aromatic carbocycles. The summed E-state index contributed by atoms with van der Waals surface area (Å²) in [6.45, 7) is 0. The first-order valence-electron chi connectivity index (χ1n) is 12.8. The van der Waals surface area contributed by atoms with Gasteiger partial charge in [-0.05, 0) is 48.1 Å². The molecular weight excluding hydrogens is 576 g/mol. The van der Waals surface area contributed by atoms with E-state index in [1.54, 1.807) is 18.2 Å². The Morgan fingerprint density at radius 2 is 1.79 bits per heavy atom. The minimum absolute atomic E-state index is 0.0126. The van der Waals surface area contributed by atoms with Crippen LogP contribution in [0.2, 0.25) is 0 Å². The Labute approximate surface area is 241 Å². The van der Waals surface area contributed by atoms with E-state index in [0.29, 0.717) is 23.8 Å².